The van der Waals surface area contributed by atoms with Crippen molar-refractivity contribution in [2.45, 2.75) is 45.6 Å². The summed E-state index contributed by atoms with van der Waals surface area (Å²) in [6.45, 7) is 7.40. The standard InChI is InChI=1S/C11H20N2O/c1-4-11(3,5-2)10-8-12-13(9-10)6-7-14/h8-9,14H,4-7H2,1-3H3. The molecule has 0 unspecified atom stereocenters. The molecule has 0 spiro atoms. The molecule has 1 aromatic rings. The summed E-state index contributed by atoms with van der Waals surface area (Å²) in [4.78, 5) is 0. The zero-order valence-corrected chi connectivity index (χ0v) is 9.32. The molecule has 1 rings (SSSR count). The lowest BCUT2D eigenvalue weighted by Gasteiger charge is -2.24. The van der Waals surface area contributed by atoms with E-state index in [1.165, 1.54) is 5.56 Å². The fourth-order valence-corrected chi connectivity index (χ4v) is 1.56. The van der Waals surface area contributed by atoms with Gasteiger partial charge in [-0.05, 0) is 23.8 Å². The van der Waals surface area contributed by atoms with Crippen LogP contribution < -0.4 is 0 Å². The highest BCUT2D eigenvalue weighted by Gasteiger charge is 2.23. The Morgan fingerprint density at radius 1 is 1.43 bits per heavy atom. The molecule has 0 saturated heterocycles. The summed E-state index contributed by atoms with van der Waals surface area (Å²) < 4.78 is 1.80. The van der Waals surface area contributed by atoms with Crippen LogP contribution in [0.5, 0.6) is 0 Å². The Morgan fingerprint density at radius 2 is 2.07 bits per heavy atom. The first-order valence-corrected chi connectivity index (χ1v) is 5.30. The summed E-state index contributed by atoms with van der Waals surface area (Å²) >= 11 is 0. The average molecular weight is 196 g/mol. The second kappa shape index (κ2) is 4.60. The molecule has 3 nitrogen and oxygen atoms in total. The molecule has 0 amide bonds. The Morgan fingerprint density at radius 3 is 2.57 bits per heavy atom. The molecule has 3 heteroatoms. The fraction of sp³-hybridized carbons (Fsp3) is 0.727. The van der Waals surface area contributed by atoms with Gasteiger partial charge in [0.1, 0.15) is 0 Å². The van der Waals surface area contributed by atoms with Crippen molar-refractivity contribution in [1.29, 1.82) is 0 Å². The summed E-state index contributed by atoms with van der Waals surface area (Å²) in [5, 5.41) is 13.0. The number of rotatable bonds is 5. The molecule has 1 N–H and O–H groups in total. The molecule has 80 valence electrons. The van der Waals surface area contributed by atoms with Gasteiger partial charge >= 0.3 is 0 Å². The predicted molar refractivity (Wildman–Crippen MR) is 57.2 cm³/mol. The van der Waals surface area contributed by atoms with Gasteiger partial charge in [0.05, 0.1) is 19.3 Å². The molecule has 0 radical (unpaired) electrons. The molecule has 1 heterocycles. The summed E-state index contributed by atoms with van der Waals surface area (Å²) in [7, 11) is 0. The second-order valence-corrected chi connectivity index (χ2v) is 3.98. The van der Waals surface area contributed by atoms with Crippen molar-refractivity contribution < 1.29 is 5.11 Å². The third kappa shape index (κ3) is 2.15. The summed E-state index contributed by atoms with van der Waals surface area (Å²) in [6, 6.07) is 0. The van der Waals surface area contributed by atoms with E-state index in [1.54, 1.807) is 4.68 Å². The number of aromatic nitrogens is 2. The molecule has 0 aliphatic carbocycles. The molecule has 0 bridgehead atoms. The Kier molecular flexibility index (Phi) is 3.69. The van der Waals surface area contributed by atoms with E-state index in [1.807, 2.05) is 12.4 Å². The van der Waals surface area contributed by atoms with Crippen LogP contribution in [0.15, 0.2) is 12.4 Å². The normalized spacial score (nSPS) is 12.0. The highest BCUT2D eigenvalue weighted by Crippen LogP contribution is 2.30. The lowest BCUT2D eigenvalue weighted by Crippen LogP contribution is -2.18. The highest BCUT2D eigenvalue weighted by molar-refractivity contribution is 5.17. The van der Waals surface area contributed by atoms with Crippen molar-refractivity contribution in [2.24, 2.45) is 0 Å². The van der Waals surface area contributed by atoms with Crippen LogP contribution in [0.2, 0.25) is 0 Å². The van der Waals surface area contributed by atoms with Gasteiger partial charge in [0.2, 0.25) is 0 Å². The third-order valence-electron chi connectivity index (χ3n) is 3.22. The van der Waals surface area contributed by atoms with E-state index in [4.69, 9.17) is 5.11 Å². The first kappa shape index (κ1) is 11.2. The fourth-order valence-electron chi connectivity index (χ4n) is 1.56. The molecule has 0 atom stereocenters. The summed E-state index contributed by atoms with van der Waals surface area (Å²) in [5.41, 5.74) is 1.50. The smallest absolute Gasteiger partial charge is 0.0640 e. The van der Waals surface area contributed by atoms with E-state index in [9.17, 15) is 0 Å². The maximum absolute atomic E-state index is 8.79. The number of aliphatic hydroxyl groups is 1. The quantitative estimate of drug-likeness (QED) is 0.781. The zero-order chi connectivity index (χ0) is 10.6. The summed E-state index contributed by atoms with van der Waals surface area (Å²) in [6.07, 6.45) is 6.20. The van der Waals surface area contributed by atoms with Gasteiger partial charge in [0.15, 0.2) is 0 Å². The third-order valence-corrected chi connectivity index (χ3v) is 3.22. The van der Waals surface area contributed by atoms with Crippen molar-refractivity contribution in [3.63, 3.8) is 0 Å². The van der Waals surface area contributed by atoms with E-state index < -0.39 is 0 Å². The van der Waals surface area contributed by atoms with Gasteiger partial charge in [-0.25, -0.2) is 0 Å². The van der Waals surface area contributed by atoms with E-state index >= 15 is 0 Å². The van der Waals surface area contributed by atoms with Gasteiger partial charge < -0.3 is 5.11 Å². The number of hydrogen-bond donors (Lipinski definition) is 1. The number of nitrogens with zero attached hydrogens (tertiary/aromatic N) is 2. The van der Waals surface area contributed by atoms with Crippen molar-refractivity contribution in [3.8, 4) is 0 Å². The molecule has 14 heavy (non-hydrogen) atoms. The minimum Gasteiger partial charge on any atom is -0.394 e. The van der Waals surface area contributed by atoms with Crippen molar-refractivity contribution in [3.05, 3.63) is 18.0 Å². The van der Waals surface area contributed by atoms with Crippen LogP contribution in [0.25, 0.3) is 0 Å². The van der Waals surface area contributed by atoms with Gasteiger partial charge in [-0.2, -0.15) is 5.10 Å². The first-order valence-electron chi connectivity index (χ1n) is 5.30. The predicted octanol–water partition coefficient (Wildman–Crippen LogP) is 1.95. The van der Waals surface area contributed by atoms with E-state index in [0.717, 1.165) is 12.8 Å². The van der Waals surface area contributed by atoms with Crippen molar-refractivity contribution in [1.82, 2.24) is 9.78 Å². The SMILES string of the molecule is CCC(C)(CC)c1cnn(CCO)c1. The van der Waals surface area contributed by atoms with Crippen molar-refractivity contribution in [2.75, 3.05) is 6.61 Å². The maximum Gasteiger partial charge on any atom is 0.0640 e. The van der Waals surface area contributed by atoms with Crippen LogP contribution in [0.3, 0.4) is 0 Å². The largest absolute Gasteiger partial charge is 0.394 e. The van der Waals surface area contributed by atoms with Gasteiger partial charge in [0.25, 0.3) is 0 Å². The lowest BCUT2D eigenvalue weighted by atomic mass is 9.79. The first-order chi connectivity index (χ1) is 6.66. The highest BCUT2D eigenvalue weighted by atomic mass is 16.3. The lowest BCUT2D eigenvalue weighted by molar-refractivity contribution is 0.269. The van der Waals surface area contributed by atoms with Gasteiger partial charge in [-0.3, -0.25) is 4.68 Å². The molecule has 0 saturated carbocycles. The molecule has 0 fully saturated rings. The van der Waals surface area contributed by atoms with Crippen LogP contribution in [0, 0.1) is 0 Å². The molecular formula is C11H20N2O. The van der Waals surface area contributed by atoms with E-state index in [2.05, 4.69) is 25.9 Å². The molecule has 0 aliphatic rings. The van der Waals surface area contributed by atoms with Crippen LogP contribution in [0.1, 0.15) is 39.2 Å². The Labute approximate surface area is 85.8 Å². The van der Waals surface area contributed by atoms with Crippen LogP contribution >= 0.6 is 0 Å². The summed E-state index contributed by atoms with van der Waals surface area (Å²) in [5.74, 6) is 0. The van der Waals surface area contributed by atoms with Gasteiger partial charge in [-0.15, -0.1) is 0 Å². The molecule has 0 aromatic carbocycles. The minimum atomic E-state index is 0.149. The molecular weight excluding hydrogens is 176 g/mol. The van der Waals surface area contributed by atoms with Crippen LogP contribution in [-0.4, -0.2) is 21.5 Å². The maximum atomic E-state index is 8.79. The molecule has 0 aliphatic heterocycles. The van der Waals surface area contributed by atoms with Crippen LogP contribution in [-0.2, 0) is 12.0 Å². The average Bonchev–Trinajstić information content (AvgIpc) is 2.66. The zero-order valence-electron chi connectivity index (χ0n) is 9.32. The molecule has 1 aromatic heterocycles. The van der Waals surface area contributed by atoms with Gasteiger partial charge in [0, 0.05) is 6.20 Å². The Bertz CT molecular complexity index is 277. The topological polar surface area (TPSA) is 38.0 Å². The van der Waals surface area contributed by atoms with E-state index in [0.29, 0.717) is 6.54 Å². The second-order valence-electron chi connectivity index (χ2n) is 3.98. The number of hydrogen-bond acceptors (Lipinski definition) is 2. The van der Waals surface area contributed by atoms with Crippen LogP contribution in [0.4, 0.5) is 0 Å². The van der Waals surface area contributed by atoms with Gasteiger partial charge in [-0.1, -0.05) is 20.8 Å². The Hall–Kier alpha value is -0.830. The van der Waals surface area contributed by atoms with Crippen molar-refractivity contribution >= 4 is 0 Å². The van der Waals surface area contributed by atoms with E-state index in [-0.39, 0.29) is 12.0 Å². The monoisotopic (exact) mass is 196 g/mol. The Balaban J connectivity index is 2.84. The minimum absolute atomic E-state index is 0.149. The number of aliphatic hydroxyl groups excluding tert-OH is 1.